The van der Waals surface area contributed by atoms with Gasteiger partial charge < -0.3 is 9.84 Å². The highest BCUT2D eigenvalue weighted by atomic mass is 19.1. The molecule has 0 amide bonds. The highest BCUT2D eigenvalue weighted by Gasteiger charge is 2.24. The van der Waals surface area contributed by atoms with Crippen molar-refractivity contribution in [3.63, 3.8) is 0 Å². The number of carbonyl (C=O) groups is 1. The Morgan fingerprint density at radius 1 is 1.20 bits per heavy atom. The average Bonchev–Trinajstić information content (AvgIpc) is 3.22. The molecule has 4 heteroatoms. The van der Waals surface area contributed by atoms with Gasteiger partial charge in [0.1, 0.15) is 17.1 Å². The molecule has 0 atom stereocenters. The van der Waals surface area contributed by atoms with E-state index in [1.165, 1.54) is 6.07 Å². The van der Waals surface area contributed by atoms with E-state index < -0.39 is 11.8 Å². The topological polar surface area (TPSA) is 46.5 Å². The van der Waals surface area contributed by atoms with Crippen LogP contribution in [0, 0.1) is 5.82 Å². The van der Waals surface area contributed by atoms with Gasteiger partial charge in [-0.2, -0.15) is 0 Å². The summed E-state index contributed by atoms with van der Waals surface area (Å²) in [4.78, 5) is 11.2. The molecule has 2 aromatic rings. The number of benzene rings is 2. The van der Waals surface area contributed by atoms with Gasteiger partial charge in [0.05, 0.1) is 6.10 Å². The molecule has 0 spiro atoms. The molecule has 0 bridgehead atoms. The van der Waals surface area contributed by atoms with Gasteiger partial charge in [0.15, 0.2) is 0 Å². The molecule has 1 aliphatic carbocycles. The SMILES string of the molecule is O=C(O)c1c(F)cccc1-c1cccc(OC2CC2)c1. The number of rotatable bonds is 4. The number of hydrogen-bond acceptors (Lipinski definition) is 2. The van der Waals surface area contributed by atoms with Gasteiger partial charge in [0.2, 0.25) is 0 Å². The second-order valence-electron chi connectivity index (χ2n) is 4.81. The molecule has 1 N–H and O–H groups in total. The Bertz CT molecular complexity index is 663. The van der Waals surface area contributed by atoms with Crippen LogP contribution in [0.4, 0.5) is 4.39 Å². The van der Waals surface area contributed by atoms with Gasteiger partial charge in [-0.1, -0.05) is 24.3 Å². The molecular formula is C16H13FO3. The van der Waals surface area contributed by atoms with E-state index in [4.69, 9.17) is 9.84 Å². The number of halogens is 1. The van der Waals surface area contributed by atoms with Gasteiger partial charge in [-0.05, 0) is 42.2 Å². The molecule has 0 aromatic heterocycles. The molecular weight excluding hydrogens is 259 g/mol. The number of hydrogen-bond donors (Lipinski definition) is 1. The van der Waals surface area contributed by atoms with Crippen molar-refractivity contribution < 1.29 is 19.0 Å². The van der Waals surface area contributed by atoms with E-state index in [0.717, 1.165) is 18.9 Å². The molecule has 2 aromatic carbocycles. The van der Waals surface area contributed by atoms with E-state index in [1.54, 1.807) is 24.3 Å². The zero-order valence-electron chi connectivity index (χ0n) is 10.7. The Labute approximate surface area is 115 Å². The molecule has 1 fully saturated rings. The first-order valence-corrected chi connectivity index (χ1v) is 6.44. The largest absolute Gasteiger partial charge is 0.490 e. The van der Waals surface area contributed by atoms with Crippen molar-refractivity contribution in [1.29, 1.82) is 0 Å². The van der Waals surface area contributed by atoms with Crippen LogP contribution in [-0.4, -0.2) is 17.2 Å². The average molecular weight is 272 g/mol. The van der Waals surface area contributed by atoms with Gasteiger partial charge in [0, 0.05) is 0 Å². The Morgan fingerprint density at radius 2 is 1.95 bits per heavy atom. The third-order valence-electron chi connectivity index (χ3n) is 3.20. The summed E-state index contributed by atoms with van der Waals surface area (Å²) in [6.07, 6.45) is 2.35. The predicted octanol–water partition coefficient (Wildman–Crippen LogP) is 3.73. The van der Waals surface area contributed by atoms with E-state index in [-0.39, 0.29) is 11.7 Å². The summed E-state index contributed by atoms with van der Waals surface area (Å²) in [5.41, 5.74) is 0.690. The standard InChI is InChI=1S/C16H13FO3/c17-14-6-2-5-13(15(14)16(18)19)10-3-1-4-12(9-10)20-11-7-8-11/h1-6,9,11H,7-8H2,(H,18,19). The lowest BCUT2D eigenvalue weighted by Crippen LogP contribution is -2.03. The second-order valence-corrected chi connectivity index (χ2v) is 4.81. The lowest BCUT2D eigenvalue weighted by molar-refractivity contribution is 0.0693. The zero-order valence-corrected chi connectivity index (χ0v) is 10.7. The summed E-state index contributed by atoms with van der Waals surface area (Å²) in [5.74, 6) is -1.32. The van der Waals surface area contributed by atoms with Crippen LogP contribution in [0.1, 0.15) is 23.2 Å². The molecule has 20 heavy (non-hydrogen) atoms. The minimum absolute atomic E-state index is 0.261. The highest BCUT2D eigenvalue weighted by Crippen LogP contribution is 2.31. The molecule has 1 aliphatic rings. The van der Waals surface area contributed by atoms with Crippen LogP contribution in [-0.2, 0) is 0 Å². The van der Waals surface area contributed by atoms with Crippen LogP contribution >= 0.6 is 0 Å². The summed E-state index contributed by atoms with van der Waals surface area (Å²) in [6.45, 7) is 0. The Kier molecular flexibility index (Phi) is 3.14. The first-order chi connectivity index (χ1) is 9.65. The minimum atomic E-state index is -1.27. The Hall–Kier alpha value is -2.36. The smallest absolute Gasteiger partial charge is 0.339 e. The first kappa shape index (κ1) is 12.7. The third kappa shape index (κ3) is 2.50. The van der Waals surface area contributed by atoms with Crippen molar-refractivity contribution in [2.75, 3.05) is 0 Å². The maximum atomic E-state index is 13.7. The van der Waals surface area contributed by atoms with Crippen LogP contribution < -0.4 is 4.74 Å². The lowest BCUT2D eigenvalue weighted by atomic mass is 9.99. The fourth-order valence-electron chi connectivity index (χ4n) is 2.10. The molecule has 0 heterocycles. The van der Waals surface area contributed by atoms with Gasteiger partial charge >= 0.3 is 5.97 Å². The maximum absolute atomic E-state index is 13.7. The molecule has 0 saturated heterocycles. The predicted molar refractivity (Wildman–Crippen MR) is 72.4 cm³/mol. The molecule has 0 aliphatic heterocycles. The lowest BCUT2D eigenvalue weighted by Gasteiger charge is -2.10. The molecule has 0 unspecified atom stereocenters. The van der Waals surface area contributed by atoms with Crippen molar-refractivity contribution >= 4 is 5.97 Å². The number of carboxylic acids is 1. The van der Waals surface area contributed by atoms with E-state index in [0.29, 0.717) is 16.9 Å². The van der Waals surface area contributed by atoms with Crippen molar-refractivity contribution in [3.05, 3.63) is 53.8 Å². The highest BCUT2D eigenvalue weighted by molar-refractivity contribution is 5.96. The molecule has 1 saturated carbocycles. The fourth-order valence-corrected chi connectivity index (χ4v) is 2.10. The van der Waals surface area contributed by atoms with E-state index in [2.05, 4.69) is 0 Å². The normalized spacial score (nSPS) is 14.1. The summed E-state index contributed by atoms with van der Waals surface area (Å²) >= 11 is 0. The molecule has 3 nitrogen and oxygen atoms in total. The molecule has 3 rings (SSSR count). The third-order valence-corrected chi connectivity index (χ3v) is 3.20. The fraction of sp³-hybridized carbons (Fsp3) is 0.188. The number of ether oxygens (including phenoxy) is 1. The van der Waals surface area contributed by atoms with Gasteiger partial charge in [-0.15, -0.1) is 0 Å². The molecule has 0 radical (unpaired) electrons. The summed E-state index contributed by atoms with van der Waals surface area (Å²) < 4.78 is 19.4. The van der Waals surface area contributed by atoms with Crippen LogP contribution in [0.25, 0.3) is 11.1 Å². The van der Waals surface area contributed by atoms with E-state index in [1.807, 2.05) is 6.07 Å². The zero-order chi connectivity index (χ0) is 14.1. The first-order valence-electron chi connectivity index (χ1n) is 6.44. The number of carboxylic acid groups (broad SMARTS) is 1. The van der Waals surface area contributed by atoms with E-state index in [9.17, 15) is 9.18 Å². The number of aromatic carboxylic acids is 1. The van der Waals surface area contributed by atoms with Gasteiger partial charge in [-0.25, -0.2) is 9.18 Å². The summed E-state index contributed by atoms with van der Waals surface area (Å²) in [7, 11) is 0. The Balaban J connectivity index is 2.03. The van der Waals surface area contributed by atoms with Gasteiger partial charge in [0.25, 0.3) is 0 Å². The monoisotopic (exact) mass is 272 g/mol. The van der Waals surface area contributed by atoms with E-state index >= 15 is 0 Å². The van der Waals surface area contributed by atoms with Crippen molar-refractivity contribution in [1.82, 2.24) is 0 Å². The maximum Gasteiger partial charge on any atom is 0.339 e. The van der Waals surface area contributed by atoms with Gasteiger partial charge in [-0.3, -0.25) is 0 Å². The minimum Gasteiger partial charge on any atom is -0.490 e. The van der Waals surface area contributed by atoms with Crippen molar-refractivity contribution in [2.45, 2.75) is 18.9 Å². The van der Waals surface area contributed by atoms with Crippen molar-refractivity contribution in [3.8, 4) is 16.9 Å². The quantitative estimate of drug-likeness (QED) is 0.922. The van der Waals surface area contributed by atoms with Crippen LogP contribution in [0.2, 0.25) is 0 Å². The van der Waals surface area contributed by atoms with Crippen LogP contribution in [0.3, 0.4) is 0 Å². The summed E-state index contributed by atoms with van der Waals surface area (Å²) in [6, 6.07) is 11.4. The molecule has 102 valence electrons. The summed E-state index contributed by atoms with van der Waals surface area (Å²) in [5, 5.41) is 9.16. The second kappa shape index (κ2) is 4.96. The van der Waals surface area contributed by atoms with Crippen molar-refractivity contribution in [2.24, 2.45) is 0 Å². The van der Waals surface area contributed by atoms with Crippen LogP contribution in [0.15, 0.2) is 42.5 Å². The van der Waals surface area contributed by atoms with Crippen LogP contribution in [0.5, 0.6) is 5.75 Å². The Morgan fingerprint density at radius 3 is 2.65 bits per heavy atom.